The summed E-state index contributed by atoms with van der Waals surface area (Å²) >= 11 is 2.06. The van der Waals surface area contributed by atoms with Crippen LogP contribution in [0.2, 0.25) is 0 Å². The number of nitrogens with zero attached hydrogens (tertiary/aromatic N) is 3. The number of likely N-dealkylation sites (tertiary alicyclic amines) is 1. The van der Waals surface area contributed by atoms with Crippen molar-refractivity contribution in [2.75, 3.05) is 38.5 Å². The number of rotatable bonds is 5. The first kappa shape index (κ1) is 22.9. The molecule has 1 amide bonds. The van der Waals surface area contributed by atoms with Crippen LogP contribution in [0, 0.1) is 0 Å². The fourth-order valence-corrected chi connectivity index (χ4v) is 4.63. The van der Waals surface area contributed by atoms with E-state index in [0.29, 0.717) is 24.3 Å². The zero-order valence-corrected chi connectivity index (χ0v) is 19.1. The topological polar surface area (TPSA) is 47.9 Å². The lowest BCUT2D eigenvalue weighted by molar-refractivity contribution is -0.134. The lowest BCUT2D eigenvalue weighted by Crippen LogP contribution is -2.48. The molecule has 7 heteroatoms. The van der Waals surface area contributed by atoms with E-state index in [1.807, 2.05) is 0 Å². The molecule has 0 radical (unpaired) electrons. The molecule has 2 atom stereocenters. The number of carbonyl (C=O) groups excluding carboxylic acids is 1. The summed E-state index contributed by atoms with van der Waals surface area (Å²) in [7, 11) is 0. The molecule has 2 unspecified atom stereocenters. The number of piperidine rings is 1. The van der Waals surface area contributed by atoms with Gasteiger partial charge in [-0.05, 0) is 39.5 Å². The number of guanidine groups is 1. The van der Waals surface area contributed by atoms with Crippen LogP contribution in [0.15, 0.2) is 4.99 Å². The van der Waals surface area contributed by atoms with Crippen LogP contribution in [0.4, 0.5) is 0 Å². The molecule has 0 aromatic heterocycles. The maximum atomic E-state index is 12.4. The second-order valence-electron chi connectivity index (χ2n) is 6.76. The van der Waals surface area contributed by atoms with Crippen LogP contribution >= 0.6 is 35.7 Å². The summed E-state index contributed by atoms with van der Waals surface area (Å²) in [6.45, 7) is 11.0. The average molecular weight is 482 g/mol. The van der Waals surface area contributed by atoms with Gasteiger partial charge in [0.2, 0.25) is 5.91 Å². The molecule has 1 N–H and O–H groups in total. The van der Waals surface area contributed by atoms with Gasteiger partial charge in [-0.25, -0.2) is 0 Å². The summed E-state index contributed by atoms with van der Waals surface area (Å²) < 4.78 is 0. The molecular weight excluding hydrogens is 447 g/mol. The van der Waals surface area contributed by atoms with Crippen LogP contribution in [0.5, 0.6) is 0 Å². The van der Waals surface area contributed by atoms with Gasteiger partial charge in [0, 0.05) is 49.6 Å². The highest BCUT2D eigenvalue weighted by atomic mass is 127. The van der Waals surface area contributed by atoms with E-state index in [1.54, 1.807) is 0 Å². The maximum absolute atomic E-state index is 12.4. The fraction of sp³-hybridized carbons (Fsp3) is 0.889. The molecular formula is C18H35IN4OS. The van der Waals surface area contributed by atoms with Crippen molar-refractivity contribution in [2.45, 2.75) is 64.2 Å². The quantitative estimate of drug-likeness (QED) is 0.372. The third kappa shape index (κ3) is 7.15. The van der Waals surface area contributed by atoms with E-state index in [9.17, 15) is 4.79 Å². The minimum Gasteiger partial charge on any atom is -0.357 e. The first-order valence-electron chi connectivity index (χ1n) is 9.60. The highest BCUT2D eigenvalue weighted by Crippen LogP contribution is 2.21. The summed E-state index contributed by atoms with van der Waals surface area (Å²) in [6.07, 6.45) is 5.26. The number of aliphatic imine (C=N–C) groups is 1. The third-order valence-corrected chi connectivity index (χ3v) is 6.31. The van der Waals surface area contributed by atoms with Crippen molar-refractivity contribution in [2.24, 2.45) is 4.99 Å². The summed E-state index contributed by atoms with van der Waals surface area (Å²) in [6, 6.07) is 0.396. The van der Waals surface area contributed by atoms with Crippen molar-refractivity contribution < 1.29 is 4.79 Å². The van der Waals surface area contributed by atoms with Gasteiger partial charge in [-0.3, -0.25) is 9.79 Å². The maximum Gasteiger partial charge on any atom is 0.224 e. The highest BCUT2D eigenvalue weighted by molar-refractivity contribution is 14.0. The molecule has 2 aliphatic rings. The standard InChI is InChI=1S/C18H34N4OS.HI/c1-4-16-14-21(12-13-24-16)18(19-5-2)20-10-9-17(23)22-11-7-6-8-15(22)3;/h15-16H,4-14H2,1-3H3,(H,19,20);1H. The molecule has 0 bridgehead atoms. The molecule has 2 aliphatic heterocycles. The van der Waals surface area contributed by atoms with Crippen molar-refractivity contribution in [1.29, 1.82) is 0 Å². The summed E-state index contributed by atoms with van der Waals surface area (Å²) in [4.78, 5) is 21.6. The predicted octanol–water partition coefficient (Wildman–Crippen LogP) is 3.19. The number of carbonyl (C=O) groups is 1. The van der Waals surface area contributed by atoms with E-state index in [-0.39, 0.29) is 29.9 Å². The Morgan fingerprint density at radius 1 is 1.28 bits per heavy atom. The molecule has 146 valence electrons. The number of hydrogen-bond acceptors (Lipinski definition) is 3. The van der Waals surface area contributed by atoms with Crippen LogP contribution in [-0.4, -0.2) is 71.4 Å². The lowest BCUT2D eigenvalue weighted by atomic mass is 10.0. The van der Waals surface area contributed by atoms with E-state index in [4.69, 9.17) is 4.99 Å². The van der Waals surface area contributed by atoms with Crippen LogP contribution in [0.3, 0.4) is 0 Å². The number of amides is 1. The third-order valence-electron chi connectivity index (χ3n) is 4.94. The zero-order chi connectivity index (χ0) is 17.4. The number of thioether (sulfide) groups is 1. The van der Waals surface area contributed by atoms with E-state index in [0.717, 1.165) is 50.7 Å². The SMILES string of the molecule is CCNC(=NCCC(=O)N1CCCCC1C)N1CCSC(CC)C1.I. The van der Waals surface area contributed by atoms with E-state index in [1.165, 1.54) is 12.8 Å². The van der Waals surface area contributed by atoms with Crippen molar-refractivity contribution >= 4 is 47.6 Å². The van der Waals surface area contributed by atoms with E-state index < -0.39 is 0 Å². The Morgan fingerprint density at radius 2 is 2.08 bits per heavy atom. The monoisotopic (exact) mass is 482 g/mol. The number of halogens is 1. The predicted molar refractivity (Wildman–Crippen MR) is 119 cm³/mol. The molecule has 0 aromatic rings. The van der Waals surface area contributed by atoms with Gasteiger partial charge in [0.05, 0.1) is 6.54 Å². The smallest absolute Gasteiger partial charge is 0.224 e. The van der Waals surface area contributed by atoms with Gasteiger partial charge >= 0.3 is 0 Å². The summed E-state index contributed by atoms with van der Waals surface area (Å²) in [5.74, 6) is 2.41. The minimum atomic E-state index is 0. The van der Waals surface area contributed by atoms with Crippen LogP contribution in [0.25, 0.3) is 0 Å². The Labute approximate surface area is 174 Å². The first-order valence-corrected chi connectivity index (χ1v) is 10.6. The molecule has 0 spiro atoms. The second kappa shape index (κ2) is 12.3. The van der Waals surface area contributed by atoms with Gasteiger partial charge in [0.1, 0.15) is 0 Å². The van der Waals surface area contributed by atoms with Crippen molar-refractivity contribution in [3.05, 3.63) is 0 Å². The molecule has 2 saturated heterocycles. The molecule has 2 fully saturated rings. The van der Waals surface area contributed by atoms with Gasteiger partial charge in [-0.1, -0.05) is 6.92 Å². The average Bonchev–Trinajstić information content (AvgIpc) is 2.61. The number of hydrogen-bond donors (Lipinski definition) is 1. The van der Waals surface area contributed by atoms with Gasteiger partial charge in [-0.15, -0.1) is 24.0 Å². The van der Waals surface area contributed by atoms with Crippen LogP contribution in [-0.2, 0) is 4.79 Å². The van der Waals surface area contributed by atoms with Gasteiger partial charge in [0.15, 0.2) is 5.96 Å². The minimum absolute atomic E-state index is 0. The van der Waals surface area contributed by atoms with Gasteiger partial charge < -0.3 is 15.1 Å². The molecule has 0 aromatic carbocycles. The molecule has 2 heterocycles. The van der Waals surface area contributed by atoms with Crippen LogP contribution in [0.1, 0.15) is 52.9 Å². The van der Waals surface area contributed by atoms with Crippen molar-refractivity contribution in [1.82, 2.24) is 15.1 Å². The Bertz CT molecular complexity index is 435. The van der Waals surface area contributed by atoms with Crippen molar-refractivity contribution in [3.63, 3.8) is 0 Å². The highest BCUT2D eigenvalue weighted by Gasteiger charge is 2.23. The molecule has 25 heavy (non-hydrogen) atoms. The largest absolute Gasteiger partial charge is 0.357 e. The van der Waals surface area contributed by atoms with Crippen molar-refractivity contribution in [3.8, 4) is 0 Å². The molecule has 2 rings (SSSR count). The first-order chi connectivity index (χ1) is 11.7. The lowest BCUT2D eigenvalue weighted by Gasteiger charge is -2.34. The molecule has 0 aliphatic carbocycles. The Kier molecular flexibility index (Phi) is 11.2. The Balaban J connectivity index is 0.00000312. The van der Waals surface area contributed by atoms with Crippen LogP contribution < -0.4 is 5.32 Å². The fourth-order valence-electron chi connectivity index (χ4n) is 3.45. The molecule has 5 nitrogen and oxygen atoms in total. The molecule has 0 saturated carbocycles. The summed E-state index contributed by atoms with van der Waals surface area (Å²) in [5.41, 5.74) is 0. The van der Waals surface area contributed by atoms with Gasteiger partial charge in [0.25, 0.3) is 0 Å². The summed E-state index contributed by atoms with van der Waals surface area (Å²) in [5, 5.41) is 4.09. The Morgan fingerprint density at radius 3 is 2.76 bits per heavy atom. The Hall–Kier alpha value is -0.180. The normalized spacial score (nSPS) is 24.7. The zero-order valence-electron chi connectivity index (χ0n) is 16.0. The van der Waals surface area contributed by atoms with Gasteiger partial charge in [-0.2, -0.15) is 11.8 Å². The van der Waals surface area contributed by atoms with E-state index in [2.05, 4.69) is 47.6 Å². The van der Waals surface area contributed by atoms with E-state index >= 15 is 0 Å². The second-order valence-corrected chi connectivity index (χ2v) is 8.17. The number of nitrogens with one attached hydrogen (secondary N) is 1.